The van der Waals surface area contributed by atoms with Crippen LogP contribution in [-0.4, -0.2) is 13.0 Å². The van der Waals surface area contributed by atoms with Crippen molar-refractivity contribution < 1.29 is 13.9 Å². The van der Waals surface area contributed by atoms with Crippen LogP contribution < -0.4 is 9.47 Å². The molecule has 0 fully saturated rings. The minimum absolute atomic E-state index is 0.172. The summed E-state index contributed by atoms with van der Waals surface area (Å²) in [5.74, 6) is 6.19. The van der Waals surface area contributed by atoms with E-state index in [4.69, 9.17) is 21.1 Å². The van der Waals surface area contributed by atoms with E-state index in [1.165, 1.54) is 6.07 Å². The largest absolute Gasteiger partial charge is 0.496 e. The normalized spacial score (nSPS) is 9.67. The summed E-state index contributed by atoms with van der Waals surface area (Å²) in [7, 11) is 1.60. The van der Waals surface area contributed by atoms with Crippen molar-refractivity contribution in [1.29, 1.82) is 0 Å². The number of hydrogen-bond acceptors (Lipinski definition) is 2. The lowest BCUT2D eigenvalue weighted by atomic mass is 10.2. The van der Waals surface area contributed by atoms with E-state index in [0.29, 0.717) is 17.9 Å². The lowest BCUT2D eigenvalue weighted by Crippen LogP contribution is -1.99. The Morgan fingerprint density at radius 3 is 2.71 bits per heavy atom. The van der Waals surface area contributed by atoms with Crippen LogP contribution in [0, 0.1) is 17.7 Å². The first kappa shape index (κ1) is 15.2. The number of benzene rings is 2. The molecular formula is C17H14ClFO2. The van der Waals surface area contributed by atoms with E-state index in [0.717, 1.165) is 11.3 Å². The zero-order valence-corrected chi connectivity index (χ0v) is 12.3. The minimum Gasteiger partial charge on any atom is -0.496 e. The number of para-hydroxylation sites is 1. The zero-order valence-electron chi connectivity index (χ0n) is 11.5. The van der Waals surface area contributed by atoms with Crippen molar-refractivity contribution in [3.05, 3.63) is 59.4 Å². The molecule has 0 heterocycles. The lowest BCUT2D eigenvalue weighted by molar-refractivity contribution is 0.295. The van der Waals surface area contributed by atoms with E-state index in [9.17, 15) is 4.39 Å². The Morgan fingerprint density at radius 2 is 2.00 bits per heavy atom. The maximum atomic E-state index is 13.8. The van der Waals surface area contributed by atoms with Crippen LogP contribution in [0.25, 0.3) is 0 Å². The summed E-state index contributed by atoms with van der Waals surface area (Å²) >= 11 is 5.45. The van der Waals surface area contributed by atoms with Gasteiger partial charge in [0.05, 0.1) is 18.6 Å². The van der Waals surface area contributed by atoms with Crippen molar-refractivity contribution in [2.75, 3.05) is 13.0 Å². The van der Waals surface area contributed by atoms with Gasteiger partial charge in [0, 0.05) is 11.6 Å². The highest BCUT2D eigenvalue weighted by atomic mass is 35.5. The standard InChI is InChI=1S/C17H14ClFO2/c1-20-17-7-3-2-5-14(17)12-21-15-9-8-13(6-4-10-18)16(19)11-15/h2-3,5,7-9,11H,10,12H2,1H3. The lowest BCUT2D eigenvalue weighted by Gasteiger charge is -2.10. The van der Waals surface area contributed by atoms with Gasteiger partial charge in [-0.1, -0.05) is 30.0 Å². The molecule has 0 saturated heterocycles. The number of rotatable bonds is 4. The van der Waals surface area contributed by atoms with Gasteiger partial charge in [-0.2, -0.15) is 0 Å². The van der Waals surface area contributed by atoms with Crippen molar-refractivity contribution in [3.8, 4) is 23.3 Å². The van der Waals surface area contributed by atoms with Crippen LogP contribution in [0.4, 0.5) is 4.39 Å². The second-order valence-electron chi connectivity index (χ2n) is 4.18. The molecule has 0 bridgehead atoms. The third-order valence-electron chi connectivity index (χ3n) is 2.82. The van der Waals surface area contributed by atoms with Crippen LogP contribution in [-0.2, 0) is 6.61 Å². The van der Waals surface area contributed by atoms with Gasteiger partial charge in [-0.25, -0.2) is 4.39 Å². The van der Waals surface area contributed by atoms with Crippen molar-refractivity contribution in [3.63, 3.8) is 0 Å². The van der Waals surface area contributed by atoms with Gasteiger partial charge in [0.15, 0.2) is 0 Å². The van der Waals surface area contributed by atoms with Crippen LogP contribution in [0.3, 0.4) is 0 Å². The number of halogens is 2. The van der Waals surface area contributed by atoms with Gasteiger partial charge in [-0.3, -0.25) is 0 Å². The number of alkyl halides is 1. The Hall–Kier alpha value is -2.18. The van der Waals surface area contributed by atoms with Crippen LogP contribution in [0.1, 0.15) is 11.1 Å². The molecule has 0 aliphatic carbocycles. The second kappa shape index (κ2) is 7.56. The fourth-order valence-electron chi connectivity index (χ4n) is 1.80. The summed E-state index contributed by atoms with van der Waals surface area (Å²) in [6.07, 6.45) is 0. The molecule has 0 spiro atoms. The van der Waals surface area contributed by atoms with E-state index in [1.807, 2.05) is 24.3 Å². The molecule has 0 radical (unpaired) electrons. The second-order valence-corrected chi connectivity index (χ2v) is 4.44. The maximum absolute atomic E-state index is 13.8. The fraction of sp³-hybridized carbons (Fsp3) is 0.176. The molecule has 0 aliphatic heterocycles. The van der Waals surface area contributed by atoms with Crippen LogP contribution in [0.5, 0.6) is 11.5 Å². The highest BCUT2D eigenvalue weighted by Crippen LogP contribution is 2.21. The summed E-state index contributed by atoms with van der Waals surface area (Å²) in [4.78, 5) is 0. The molecule has 0 N–H and O–H groups in total. The van der Waals surface area contributed by atoms with Crippen LogP contribution >= 0.6 is 11.6 Å². The molecule has 0 amide bonds. The van der Waals surface area contributed by atoms with Gasteiger partial charge in [-0.15, -0.1) is 11.6 Å². The molecule has 0 saturated carbocycles. The third kappa shape index (κ3) is 4.14. The van der Waals surface area contributed by atoms with E-state index in [2.05, 4.69) is 11.8 Å². The third-order valence-corrected chi connectivity index (χ3v) is 2.95. The first-order chi connectivity index (χ1) is 10.2. The molecular weight excluding hydrogens is 291 g/mol. The van der Waals surface area contributed by atoms with E-state index < -0.39 is 5.82 Å². The molecule has 0 atom stereocenters. The van der Waals surface area contributed by atoms with Gasteiger partial charge in [-0.05, 0) is 18.2 Å². The molecule has 0 aromatic heterocycles. The predicted octanol–water partition coefficient (Wildman–Crippen LogP) is 4.00. The molecule has 2 aromatic carbocycles. The maximum Gasteiger partial charge on any atom is 0.142 e. The molecule has 4 heteroatoms. The molecule has 0 unspecified atom stereocenters. The Bertz CT molecular complexity index is 674. The SMILES string of the molecule is COc1ccccc1COc1ccc(C#CCCl)c(F)c1. The number of ether oxygens (including phenoxy) is 2. The quantitative estimate of drug-likeness (QED) is 0.628. The Balaban J connectivity index is 2.08. The summed E-state index contributed by atoms with van der Waals surface area (Å²) in [6, 6.07) is 12.1. The van der Waals surface area contributed by atoms with Crippen molar-refractivity contribution >= 4 is 11.6 Å². The number of hydrogen-bond donors (Lipinski definition) is 0. The van der Waals surface area contributed by atoms with Gasteiger partial charge in [0.1, 0.15) is 23.9 Å². The first-order valence-electron chi connectivity index (χ1n) is 6.33. The predicted molar refractivity (Wildman–Crippen MR) is 81.3 cm³/mol. The summed E-state index contributed by atoms with van der Waals surface area (Å²) < 4.78 is 24.6. The monoisotopic (exact) mass is 304 g/mol. The molecule has 0 aliphatic rings. The molecule has 2 nitrogen and oxygen atoms in total. The smallest absolute Gasteiger partial charge is 0.142 e. The first-order valence-corrected chi connectivity index (χ1v) is 6.87. The van der Waals surface area contributed by atoms with E-state index in [-0.39, 0.29) is 5.88 Å². The summed E-state index contributed by atoms with van der Waals surface area (Å²) in [5.41, 5.74) is 1.20. The topological polar surface area (TPSA) is 18.5 Å². The van der Waals surface area contributed by atoms with E-state index in [1.54, 1.807) is 19.2 Å². The average Bonchev–Trinajstić information content (AvgIpc) is 2.52. The van der Waals surface area contributed by atoms with Gasteiger partial charge in [0.25, 0.3) is 0 Å². The Kier molecular flexibility index (Phi) is 5.48. The van der Waals surface area contributed by atoms with E-state index >= 15 is 0 Å². The number of methoxy groups -OCH3 is 1. The van der Waals surface area contributed by atoms with Crippen LogP contribution in [0.2, 0.25) is 0 Å². The average molecular weight is 305 g/mol. The summed E-state index contributed by atoms with van der Waals surface area (Å²) in [6.45, 7) is 0.302. The molecule has 21 heavy (non-hydrogen) atoms. The van der Waals surface area contributed by atoms with Gasteiger partial charge >= 0.3 is 0 Å². The molecule has 2 aromatic rings. The summed E-state index contributed by atoms with van der Waals surface area (Å²) in [5, 5.41) is 0. The molecule has 108 valence electrons. The van der Waals surface area contributed by atoms with Crippen LogP contribution in [0.15, 0.2) is 42.5 Å². The highest BCUT2D eigenvalue weighted by Gasteiger charge is 2.05. The fourth-order valence-corrected chi connectivity index (χ4v) is 1.87. The Morgan fingerprint density at radius 1 is 1.19 bits per heavy atom. The highest BCUT2D eigenvalue weighted by molar-refractivity contribution is 6.19. The van der Waals surface area contributed by atoms with Gasteiger partial charge in [0.2, 0.25) is 0 Å². The van der Waals surface area contributed by atoms with Gasteiger partial charge < -0.3 is 9.47 Å². The Labute approximate surface area is 128 Å². The minimum atomic E-state index is -0.426. The zero-order chi connectivity index (χ0) is 15.1. The van der Waals surface area contributed by atoms with Crippen molar-refractivity contribution in [1.82, 2.24) is 0 Å². The molecule has 2 rings (SSSR count). The van der Waals surface area contributed by atoms with Crippen molar-refractivity contribution in [2.24, 2.45) is 0 Å². The van der Waals surface area contributed by atoms with Crippen molar-refractivity contribution in [2.45, 2.75) is 6.61 Å².